The summed E-state index contributed by atoms with van der Waals surface area (Å²) in [6.45, 7) is 4.20. The zero-order chi connectivity index (χ0) is 4.57. The topological polar surface area (TPSA) is 21.9 Å². The molecule has 1 heteroatoms. The molecule has 1 fully saturated rings. The van der Waals surface area contributed by atoms with Crippen molar-refractivity contribution >= 4 is 0 Å². The minimum atomic E-state index is 0.676. The van der Waals surface area contributed by atoms with Crippen LogP contribution in [0.15, 0.2) is 11.8 Å². The van der Waals surface area contributed by atoms with Gasteiger partial charge < -0.3 is 5.32 Å². The molecule has 0 aliphatic carbocycles. The van der Waals surface area contributed by atoms with Gasteiger partial charge in [-0.3, -0.25) is 0 Å². The fraction of sp³-hybridized carbons (Fsp3) is 0.600. The van der Waals surface area contributed by atoms with Crippen LogP contribution < -0.4 is 5.32 Å². The van der Waals surface area contributed by atoms with Gasteiger partial charge in [0.1, 0.15) is 0 Å². The first-order valence-corrected chi connectivity index (χ1v) is 2.27. The first kappa shape index (κ1) is 3.72. The van der Waals surface area contributed by atoms with E-state index >= 15 is 0 Å². The molecule has 1 nitrogen and oxygen atoms in total. The maximum absolute atomic E-state index is 3.14. The summed E-state index contributed by atoms with van der Waals surface area (Å²) in [4.78, 5) is 0. The van der Waals surface area contributed by atoms with Gasteiger partial charge in [0.05, 0.1) is 6.04 Å². The van der Waals surface area contributed by atoms with E-state index in [1.807, 2.05) is 6.92 Å². The van der Waals surface area contributed by atoms with Crippen LogP contribution in [0.5, 0.6) is 0 Å². The van der Waals surface area contributed by atoms with E-state index in [-0.39, 0.29) is 0 Å². The highest BCUT2D eigenvalue weighted by molar-refractivity contribution is 5.21. The van der Waals surface area contributed by atoms with Gasteiger partial charge in [0, 0.05) is 5.70 Å². The second-order valence-corrected chi connectivity index (χ2v) is 1.61. The minimum absolute atomic E-state index is 0.676. The average molecular weight is 83.1 g/mol. The molecule has 0 aromatic carbocycles. The monoisotopic (exact) mass is 83.1 g/mol. The van der Waals surface area contributed by atoms with Gasteiger partial charge in [-0.2, -0.15) is 0 Å². The van der Waals surface area contributed by atoms with E-state index in [1.165, 1.54) is 5.70 Å². The molecule has 1 atom stereocenters. The maximum Gasteiger partial charge on any atom is 0.0626 e. The molecule has 1 heterocycles. The fourth-order valence-corrected chi connectivity index (χ4v) is 0.542. The summed E-state index contributed by atoms with van der Waals surface area (Å²) in [6, 6.07) is 0.676. The van der Waals surface area contributed by atoms with E-state index in [0.717, 1.165) is 0 Å². The molecule has 1 rings (SSSR count). The summed E-state index contributed by atoms with van der Waals surface area (Å²) in [6.07, 6.45) is 2.10. The van der Waals surface area contributed by atoms with Gasteiger partial charge in [-0.15, -0.1) is 0 Å². The Bertz CT molecular complexity index is 83.9. The van der Waals surface area contributed by atoms with E-state index in [9.17, 15) is 0 Å². The number of rotatable bonds is 0. The molecule has 0 amide bonds. The molecule has 1 aliphatic rings. The molecule has 1 unspecified atom stereocenters. The lowest BCUT2D eigenvalue weighted by Crippen LogP contribution is -1.72. The first-order valence-electron chi connectivity index (χ1n) is 2.27. The van der Waals surface area contributed by atoms with Crippen LogP contribution in [0.1, 0.15) is 13.8 Å². The SMILES string of the molecule is C/C=C1\NC1C. The van der Waals surface area contributed by atoms with Crippen molar-refractivity contribution in [2.75, 3.05) is 0 Å². The first-order chi connectivity index (χ1) is 2.84. The lowest BCUT2D eigenvalue weighted by atomic mass is 10.4. The molecule has 0 radical (unpaired) electrons. The summed E-state index contributed by atoms with van der Waals surface area (Å²) >= 11 is 0. The number of hydrogen-bond acceptors (Lipinski definition) is 1. The smallest absolute Gasteiger partial charge is 0.0626 e. The molecular weight excluding hydrogens is 74.1 g/mol. The van der Waals surface area contributed by atoms with Crippen molar-refractivity contribution in [1.82, 2.24) is 5.32 Å². The molecular formula is C5H9N. The molecule has 34 valence electrons. The summed E-state index contributed by atoms with van der Waals surface area (Å²) in [7, 11) is 0. The van der Waals surface area contributed by atoms with Crippen LogP contribution in [0, 0.1) is 0 Å². The van der Waals surface area contributed by atoms with Gasteiger partial charge in [-0.25, -0.2) is 0 Å². The van der Waals surface area contributed by atoms with E-state index in [1.54, 1.807) is 0 Å². The summed E-state index contributed by atoms with van der Waals surface area (Å²) in [5.41, 5.74) is 1.38. The molecule has 1 N–H and O–H groups in total. The number of allylic oxidation sites excluding steroid dienone is 1. The van der Waals surface area contributed by atoms with E-state index in [2.05, 4.69) is 18.3 Å². The van der Waals surface area contributed by atoms with Gasteiger partial charge in [0.25, 0.3) is 0 Å². The maximum atomic E-state index is 3.14. The Morgan fingerprint density at radius 3 is 2.33 bits per heavy atom. The molecule has 0 saturated carbocycles. The zero-order valence-corrected chi connectivity index (χ0v) is 4.15. The number of nitrogens with one attached hydrogen (secondary N) is 1. The second kappa shape index (κ2) is 1.00. The van der Waals surface area contributed by atoms with Crippen molar-refractivity contribution in [3.8, 4) is 0 Å². The Kier molecular flexibility index (Phi) is 0.621. The van der Waals surface area contributed by atoms with E-state index in [0.29, 0.717) is 6.04 Å². The lowest BCUT2D eigenvalue weighted by molar-refractivity contribution is 1.09. The predicted molar refractivity (Wildman–Crippen MR) is 26.4 cm³/mol. The highest BCUT2D eigenvalue weighted by atomic mass is 15.1. The Labute approximate surface area is 38.1 Å². The summed E-state index contributed by atoms with van der Waals surface area (Å²) < 4.78 is 0. The third kappa shape index (κ3) is 0.402. The van der Waals surface area contributed by atoms with Crippen LogP contribution in [0.25, 0.3) is 0 Å². The van der Waals surface area contributed by atoms with Crippen LogP contribution >= 0.6 is 0 Å². The fourth-order valence-electron chi connectivity index (χ4n) is 0.542. The van der Waals surface area contributed by atoms with Gasteiger partial charge in [-0.05, 0) is 13.8 Å². The van der Waals surface area contributed by atoms with Gasteiger partial charge in [0.2, 0.25) is 0 Å². The van der Waals surface area contributed by atoms with Crippen molar-refractivity contribution in [1.29, 1.82) is 0 Å². The molecule has 0 spiro atoms. The van der Waals surface area contributed by atoms with Crippen molar-refractivity contribution in [2.45, 2.75) is 19.9 Å². The van der Waals surface area contributed by atoms with Crippen LogP contribution in [0.3, 0.4) is 0 Å². The van der Waals surface area contributed by atoms with E-state index < -0.39 is 0 Å². The summed E-state index contributed by atoms with van der Waals surface area (Å²) in [5.74, 6) is 0. The Balaban J connectivity index is 2.44. The van der Waals surface area contributed by atoms with Crippen molar-refractivity contribution in [3.05, 3.63) is 11.8 Å². The number of hydrogen-bond donors (Lipinski definition) is 1. The van der Waals surface area contributed by atoms with E-state index in [4.69, 9.17) is 0 Å². The van der Waals surface area contributed by atoms with Crippen LogP contribution in [-0.2, 0) is 0 Å². The van der Waals surface area contributed by atoms with Gasteiger partial charge in [0.15, 0.2) is 0 Å². The van der Waals surface area contributed by atoms with Crippen molar-refractivity contribution in [3.63, 3.8) is 0 Å². The molecule has 0 aromatic rings. The largest absolute Gasteiger partial charge is 0.379 e. The standard InChI is InChI=1S/C5H9N/c1-3-5-4(2)6-5/h3-4,6H,1-2H3/b5-3-. The highest BCUT2D eigenvalue weighted by Crippen LogP contribution is 2.12. The normalized spacial score (nSPS) is 36.3. The molecule has 1 aliphatic heterocycles. The Morgan fingerprint density at radius 2 is 2.33 bits per heavy atom. The average Bonchev–Trinajstić information content (AvgIpc) is 2.19. The van der Waals surface area contributed by atoms with Crippen LogP contribution in [-0.4, -0.2) is 6.04 Å². The quantitative estimate of drug-likeness (QED) is 0.431. The highest BCUT2D eigenvalue weighted by Gasteiger charge is 2.19. The Hall–Kier alpha value is -0.460. The lowest BCUT2D eigenvalue weighted by Gasteiger charge is -1.57. The third-order valence-electron chi connectivity index (χ3n) is 1.08. The molecule has 0 bridgehead atoms. The second-order valence-electron chi connectivity index (χ2n) is 1.61. The van der Waals surface area contributed by atoms with Gasteiger partial charge >= 0.3 is 0 Å². The molecule has 0 aromatic heterocycles. The predicted octanol–water partition coefficient (Wildman–Crippen LogP) is 0.882. The van der Waals surface area contributed by atoms with Crippen molar-refractivity contribution < 1.29 is 0 Å². The molecule has 6 heavy (non-hydrogen) atoms. The minimum Gasteiger partial charge on any atom is -0.379 e. The third-order valence-corrected chi connectivity index (χ3v) is 1.08. The Morgan fingerprint density at radius 1 is 1.83 bits per heavy atom. The zero-order valence-electron chi connectivity index (χ0n) is 4.15. The van der Waals surface area contributed by atoms with Crippen LogP contribution in [0.4, 0.5) is 0 Å². The molecule has 1 saturated heterocycles. The van der Waals surface area contributed by atoms with Crippen LogP contribution in [0.2, 0.25) is 0 Å². The van der Waals surface area contributed by atoms with Crippen molar-refractivity contribution in [2.24, 2.45) is 0 Å². The summed E-state index contributed by atoms with van der Waals surface area (Å²) in [5, 5.41) is 3.14. The van der Waals surface area contributed by atoms with Gasteiger partial charge in [-0.1, -0.05) is 6.08 Å².